The van der Waals surface area contributed by atoms with E-state index in [1.807, 2.05) is 13.0 Å². The van der Waals surface area contributed by atoms with E-state index in [-0.39, 0.29) is 11.7 Å². The Morgan fingerprint density at radius 3 is 2.94 bits per heavy atom. The molecule has 1 saturated carbocycles. The van der Waals surface area contributed by atoms with Crippen molar-refractivity contribution >= 4 is 0 Å². The van der Waals surface area contributed by atoms with Crippen molar-refractivity contribution in [3.8, 4) is 0 Å². The smallest absolute Gasteiger partial charge is 0.123 e. The Morgan fingerprint density at radius 1 is 1.47 bits per heavy atom. The van der Waals surface area contributed by atoms with Crippen LogP contribution in [-0.4, -0.2) is 25.8 Å². The normalized spacial score (nSPS) is 17.1. The second kappa shape index (κ2) is 6.12. The maximum Gasteiger partial charge on any atom is 0.123 e. The lowest BCUT2D eigenvalue weighted by Crippen LogP contribution is -2.26. The van der Waals surface area contributed by atoms with E-state index in [1.54, 1.807) is 12.1 Å². The van der Waals surface area contributed by atoms with Gasteiger partial charge < -0.3 is 10.1 Å². The SMILES string of the molecule is CCOCC(CNC1CC1)c1cccc(F)c1. The van der Waals surface area contributed by atoms with Crippen LogP contribution in [0, 0.1) is 5.82 Å². The summed E-state index contributed by atoms with van der Waals surface area (Å²) in [5, 5.41) is 3.48. The average molecular weight is 237 g/mol. The Labute approximate surface area is 102 Å². The largest absolute Gasteiger partial charge is 0.381 e. The molecule has 1 aromatic carbocycles. The zero-order valence-electron chi connectivity index (χ0n) is 10.3. The van der Waals surface area contributed by atoms with E-state index in [2.05, 4.69) is 5.32 Å². The van der Waals surface area contributed by atoms with Crippen LogP contribution in [0.25, 0.3) is 0 Å². The van der Waals surface area contributed by atoms with E-state index in [1.165, 1.54) is 18.9 Å². The third-order valence-electron chi connectivity index (χ3n) is 3.07. The first-order chi connectivity index (χ1) is 8.29. The minimum atomic E-state index is -0.171. The quantitative estimate of drug-likeness (QED) is 0.787. The average Bonchev–Trinajstić information content (AvgIpc) is 3.13. The van der Waals surface area contributed by atoms with Gasteiger partial charge in [-0.1, -0.05) is 12.1 Å². The number of nitrogens with one attached hydrogen (secondary N) is 1. The molecule has 17 heavy (non-hydrogen) atoms. The van der Waals surface area contributed by atoms with Gasteiger partial charge >= 0.3 is 0 Å². The highest BCUT2D eigenvalue weighted by atomic mass is 19.1. The van der Waals surface area contributed by atoms with Gasteiger partial charge in [0.2, 0.25) is 0 Å². The van der Waals surface area contributed by atoms with E-state index in [9.17, 15) is 4.39 Å². The zero-order valence-corrected chi connectivity index (χ0v) is 10.3. The van der Waals surface area contributed by atoms with Crippen LogP contribution in [0.1, 0.15) is 31.2 Å². The summed E-state index contributed by atoms with van der Waals surface area (Å²) in [5.41, 5.74) is 1.02. The van der Waals surface area contributed by atoms with Crippen molar-refractivity contribution in [1.82, 2.24) is 5.32 Å². The van der Waals surface area contributed by atoms with E-state index in [0.29, 0.717) is 19.3 Å². The predicted molar refractivity (Wildman–Crippen MR) is 66.7 cm³/mol. The second-order valence-corrected chi connectivity index (χ2v) is 4.59. The molecule has 0 heterocycles. The molecule has 1 aliphatic carbocycles. The maximum absolute atomic E-state index is 13.2. The first-order valence-electron chi connectivity index (χ1n) is 6.36. The van der Waals surface area contributed by atoms with Gasteiger partial charge in [0.15, 0.2) is 0 Å². The molecule has 1 aromatic rings. The summed E-state index contributed by atoms with van der Waals surface area (Å²) >= 11 is 0. The van der Waals surface area contributed by atoms with Gasteiger partial charge in [-0.15, -0.1) is 0 Å². The van der Waals surface area contributed by atoms with Gasteiger partial charge in [-0.25, -0.2) is 4.39 Å². The van der Waals surface area contributed by atoms with Gasteiger partial charge in [-0.05, 0) is 37.5 Å². The molecular weight excluding hydrogens is 217 g/mol. The molecule has 2 rings (SSSR count). The fraction of sp³-hybridized carbons (Fsp3) is 0.571. The Morgan fingerprint density at radius 2 is 2.29 bits per heavy atom. The molecule has 1 N–H and O–H groups in total. The summed E-state index contributed by atoms with van der Waals surface area (Å²) in [7, 11) is 0. The lowest BCUT2D eigenvalue weighted by Gasteiger charge is -2.18. The molecule has 0 amide bonds. The molecule has 0 spiro atoms. The van der Waals surface area contributed by atoms with Crippen LogP contribution < -0.4 is 5.32 Å². The molecule has 0 saturated heterocycles. The van der Waals surface area contributed by atoms with Crippen molar-refractivity contribution in [2.45, 2.75) is 31.7 Å². The van der Waals surface area contributed by atoms with Gasteiger partial charge in [-0.3, -0.25) is 0 Å². The van der Waals surface area contributed by atoms with Crippen molar-refractivity contribution < 1.29 is 9.13 Å². The van der Waals surface area contributed by atoms with Crippen molar-refractivity contribution in [3.63, 3.8) is 0 Å². The van der Waals surface area contributed by atoms with E-state index >= 15 is 0 Å². The highest BCUT2D eigenvalue weighted by molar-refractivity contribution is 5.21. The molecule has 0 aromatic heterocycles. The minimum absolute atomic E-state index is 0.171. The van der Waals surface area contributed by atoms with Gasteiger partial charge in [0.1, 0.15) is 5.82 Å². The van der Waals surface area contributed by atoms with Crippen LogP contribution in [0.5, 0.6) is 0 Å². The van der Waals surface area contributed by atoms with Gasteiger partial charge in [0.25, 0.3) is 0 Å². The standard InChI is InChI=1S/C14H20FNO/c1-2-17-10-12(9-16-14-6-7-14)11-4-3-5-13(15)8-11/h3-5,8,12,14,16H,2,6-7,9-10H2,1H3. The summed E-state index contributed by atoms with van der Waals surface area (Å²) in [6, 6.07) is 7.50. The fourth-order valence-corrected chi connectivity index (χ4v) is 1.89. The summed E-state index contributed by atoms with van der Waals surface area (Å²) in [6.45, 7) is 4.21. The third kappa shape index (κ3) is 4.10. The summed E-state index contributed by atoms with van der Waals surface area (Å²) in [5.74, 6) is 0.0710. The second-order valence-electron chi connectivity index (χ2n) is 4.59. The number of ether oxygens (including phenoxy) is 1. The summed E-state index contributed by atoms with van der Waals surface area (Å²) < 4.78 is 18.7. The van der Waals surface area contributed by atoms with Crippen LogP contribution in [0.3, 0.4) is 0 Å². The number of hydrogen-bond acceptors (Lipinski definition) is 2. The number of rotatable bonds is 7. The van der Waals surface area contributed by atoms with Crippen molar-refractivity contribution in [3.05, 3.63) is 35.6 Å². The van der Waals surface area contributed by atoms with Crippen LogP contribution in [0.4, 0.5) is 4.39 Å². The maximum atomic E-state index is 13.2. The van der Waals surface area contributed by atoms with E-state index in [0.717, 1.165) is 12.1 Å². The summed E-state index contributed by atoms with van der Waals surface area (Å²) in [4.78, 5) is 0. The highest BCUT2D eigenvalue weighted by Gasteiger charge is 2.22. The Hall–Kier alpha value is -0.930. The van der Waals surface area contributed by atoms with Crippen molar-refractivity contribution in [1.29, 1.82) is 0 Å². The van der Waals surface area contributed by atoms with Gasteiger partial charge in [-0.2, -0.15) is 0 Å². The number of hydrogen-bond donors (Lipinski definition) is 1. The molecule has 94 valence electrons. The van der Waals surface area contributed by atoms with Crippen LogP contribution in [-0.2, 0) is 4.74 Å². The van der Waals surface area contributed by atoms with Gasteiger partial charge in [0, 0.05) is 25.1 Å². The molecule has 1 fully saturated rings. The van der Waals surface area contributed by atoms with Crippen molar-refractivity contribution in [2.24, 2.45) is 0 Å². The predicted octanol–water partition coefficient (Wildman–Crippen LogP) is 2.70. The Balaban J connectivity index is 1.96. The Bertz CT molecular complexity index is 352. The monoisotopic (exact) mass is 237 g/mol. The first-order valence-corrected chi connectivity index (χ1v) is 6.36. The number of benzene rings is 1. The topological polar surface area (TPSA) is 21.3 Å². The van der Waals surface area contributed by atoms with Gasteiger partial charge in [0.05, 0.1) is 6.61 Å². The third-order valence-corrected chi connectivity index (χ3v) is 3.07. The molecule has 0 radical (unpaired) electrons. The zero-order chi connectivity index (χ0) is 12.1. The minimum Gasteiger partial charge on any atom is -0.381 e. The molecule has 3 heteroatoms. The van der Waals surface area contributed by atoms with Crippen LogP contribution >= 0.6 is 0 Å². The lowest BCUT2D eigenvalue weighted by molar-refractivity contribution is 0.131. The molecule has 0 bridgehead atoms. The molecule has 1 unspecified atom stereocenters. The molecular formula is C14H20FNO. The molecule has 1 atom stereocenters. The molecule has 2 nitrogen and oxygen atoms in total. The first kappa shape index (κ1) is 12.5. The van der Waals surface area contributed by atoms with Crippen LogP contribution in [0.2, 0.25) is 0 Å². The fourth-order valence-electron chi connectivity index (χ4n) is 1.89. The highest BCUT2D eigenvalue weighted by Crippen LogP contribution is 2.22. The molecule has 0 aliphatic heterocycles. The van der Waals surface area contributed by atoms with E-state index < -0.39 is 0 Å². The Kier molecular flexibility index (Phi) is 4.51. The van der Waals surface area contributed by atoms with Crippen molar-refractivity contribution in [2.75, 3.05) is 19.8 Å². The van der Waals surface area contributed by atoms with Crippen LogP contribution in [0.15, 0.2) is 24.3 Å². The molecule has 1 aliphatic rings. The number of halogens is 1. The van der Waals surface area contributed by atoms with E-state index in [4.69, 9.17) is 4.74 Å². The summed E-state index contributed by atoms with van der Waals surface area (Å²) in [6.07, 6.45) is 2.54. The lowest BCUT2D eigenvalue weighted by atomic mass is 10.00.